The van der Waals surface area contributed by atoms with Crippen molar-refractivity contribution in [2.24, 2.45) is 5.92 Å². The summed E-state index contributed by atoms with van der Waals surface area (Å²) in [5.74, 6) is -1.00. The van der Waals surface area contributed by atoms with Crippen molar-refractivity contribution in [3.8, 4) is 5.69 Å². The van der Waals surface area contributed by atoms with Gasteiger partial charge in [0, 0.05) is 36.1 Å². The number of carbonyl (C=O) groups is 2. The Hall–Kier alpha value is -3.41. The summed E-state index contributed by atoms with van der Waals surface area (Å²) < 4.78 is 47.3. The van der Waals surface area contributed by atoms with Crippen LogP contribution in [0.2, 0.25) is 5.02 Å². The van der Waals surface area contributed by atoms with Crippen molar-refractivity contribution >= 4 is 29.4 Å². The van der Waals surface area contributed by atoms with Gasteiger partial charge >= 0.3 is 6.18 Å². The fourth-order valence-corrected chi connectivity index (χ4v) is 4.43. The highest BCUT2D eigenvalue weighted by molar-refractivity contribution is 6.30. The van der Waals surface area contributed by atoms with E-state index in [0.717, 1.165) is 43.0 Å². The zero-order valence-electron chi connectivity index (χ0n) is 21.0. The van der Waals surface area contributed by atoms with E-state index in [4.69, 9.17) is 16.1 Å². The van der Waals surface area contributed by atoms with E-state index in [9.17, 15) is 22.8 Å². The van der Waals surface area contributed by atoms with Crippen LogP contribution in [0.15, 0.2) is 35.0 Å². The molecule has 1 fully saturated rings. The van der Waals surface area contributed by atoms with E-state index in [0.29, 0.717) is 16.6 Å². The van der Waals surface area contributed by atoms with Gasteiger partial charge in [-0.15, -0.1) is 0 Å². The molecule has 1 N–H and O–H groups in total. The number of rotatable bonds is 8. The van der Waals surface area contributed by atoms with Gasteiger partial charge in [0.2, 0.25) is 11.8 Å². The number of alkyl halides is 3. The molecule has 0 atom stereocenters. The van der Waals surface area contributed by atoms with Crippen LogP contribution in [0.5, 0.6) is 0 Å². The minimum absolute atomic E-state index is 0.0369. The molecule has 204 valence electrons. The quantitative estimate of drug-likeness (QED) is 0.401. The van der Waals surface area contributed by atoms with E-state index in [1.54, 1.807) is 0 Å². The maximum Gasteiger partial charge on any atom is 0.435 e. The van der Waals surface area contributed by atoms with Crippen molar-refractivity contribution in [1.29, 1.82) is 0 Å². The van der Waals surface area contributed by atoms with E-state index in [1.165, 1.54) is 29.2 Å². The van der Waals surface area contributed by atoms with Crippen LogP contribution >= 0.6 is 11.6 Å². The molecule has 2 heterocycles. The number of hydrogen-bond acceptors (Lipinski definition) is 6. The SMILES string of the molecule is CC(C)c1nc(N(CCNC(=O)c2cn(-c3ccc(Cl)cc3)nc2C(F)(F)F)C(=O)C2CCCCC2)no1. The number of halogens is 4. The number of nitrogens with zero attached hydrogens (tertiary/aromatic N) is 5. The molecule has 0 saturated heterocycles. The zero-order chi connectivity index (χ0) is 27.4. The summed E-state index contributed by atoms with van der Waals surface area (Å²) in [6, 6.07) is 5.99. The number of hydrogen-bond donors (Lipinski definition) is 1. The second kappa shape index (κ2) is 11.5. The number of benzene rings is 1. The molecule has 9 nitrogen and oxygen atoms in total. The molecule has 0 spiro atoms. The Morgan fingerprint density at radius 2 is 1.87 bits per heavy atom. The topological polar surface area (TPSA) is 106 Å². The van der Waals surface area contributed by atoms with Gasteiger partial charge in [-0.05, 0) is 42.3 Å². The Kier molecular flexibility index (Phi) is 8.39. The van der Waals surface area contributed by atoms with Gasteiger partial charge in [-0.1, -0.05) is 44.7 Å². The van der Waals surface area contributed by atoms with Gasteiger partial charge in [0.1, 0.15) is 0 Å². The maximum absolute atomic E-state index is 13.7. The first kappa shape index (κ1) is 27.6. The highest BCUT2D eigenvalue weighted by Gasteiger charge is 2.39. The summed E-state index contributed by atoms with van der Waals surface area (Å²) in [4.78, 5) is 31.8. The third-order valence-electron chi connectivity index (χ3n) is 6.33. The summed E-state index contributed by atoms with van der Waals surface area (Å²) >= 11 is 5.86. The number of amides is 2. The lowest BCUT2D eigenvalue weighted by Crippen LogP contribution is -2.43. The third-order valence-corrected chi connectivity index (χ3v) is 6.58. The van der Waals surface area contributed by atoms with Gasteiger partial charge in [-0.25, -0.2) is 4.68 Å². The second-order valence-electron chi connectivity index (χ2n) is 9.48. The molecule has 13 heteroatoms. The van der Waals surface area contributed by atoms with E-state index >= 15 is 0 Å². The van der Waals surface area contributed by atoms with Crippen molar-refractivity contribution in [2.75, 3.05) is 18.0 Å². The van der Waals surface area contributed by atoms with Gasteiger partial charge in [0.15, 0.2) is 5.69 Å². The summed E-state index contributed by atoms with van der Waals surface area (Å²) in [6.07, 6.45) is 0.547. The first-order chi connectivity index (χ1) is 18.0. The molecule has 1 aliphatic rings. The summed E-state index contributed by atoms with van der Waals surface area (Å²) in [5, 5.41) is 10.4. The van der Waals surface area contributed by atoms with Gasteiger partial charge in [-0.3, -0.25) is 14.5 Å². The molecule has 0 aliphatic heterocycles. The van der Waals surface area contributed by atoms with Crippen LogP contribution in [-0.2, 0) is 11.0 Å². The lowest BCUT2D eigenvalue weighted by molar-refractivity contribution is -0.141. The van der Waals surface area contributed by atoms with E-state index in [-0.39, 0.29) is 36.8 Å². The number of aromatic nitrogens is 4. The molecule has 1 saturated carbocycles. The van der Waals surface area contributed by atoms with Crippen molar-refractivity contribution in [2.45, 2.75) is 58.0 Å². The van der Waals surface area contributed by atoms with Crippen molar-refractivity contribution < 1.29 is 27.3 Å². The van der Waals surface area contributed by atoms with Crippen LogP contribution < -0.4 is 10.2 Å². The molecule has 0 unspecified atom stereocenters. The average Bonchev–Trinajstić information content (AvgIpc) is 3.56. The second-order valence-corrected chi connectivity index (χ2v) is 9.91. The van der Waals surface area contributed by atoms with Crippen molar-refractivity contribution in [3.63, 3.8) is 0 Å². The fraction of sp³-hybridized carbons (Fsp3) is 0.480. The standard InChI is InChI=1S/C25H28ClF3N6O3/c1-15(2)22-31-24(33-38-22)34(23(37)16-6-4-3-5-7-16)13-12-30-21(36)19-14-35(32-20(19)25(27,28)29)18-10-8-17(26)9-11-18/h8-11,14-16H,3-7,12-13H2,1-2H3,(H,30,36). The third kappa shape index (κ3) is 6.35. The van der Waals surface area contributed by atoms with Crippen LogP contribution in [0.4, 0.5) is 19.1 Å². The zero-order valence-corrected chi connectivity index (χ0v) is 21.7. The minimum atomic E-state index is -4.86. The summed E-state index contributed by atoms with van der Waals surface area (Å²) in [5.41, 5.74) is -1.65. The Labute approximate surface area is 222 Å². The van der Waals surface area contributed by atoms with Crippen molar-refractivity contribution in [3.05, 3.63) is 52.6 Å². The van der Waals surface area contributed by atoms with Gasteiger partial charge < -0.3 is 9.84 Å². The number of anilines is 1. The molecule has 4 rings (SSSR count). The Balaban J connectivity index is 1.51. The van der Waals surface area contributed by atoms with Crippen LogP contribution in [0.3, 0.4) is 0 Å². The first-order valence-electron chi connectivity index (χ1n) is 12.4. The van der Waals surface area contributed by atoms with Gasteiger partial charge in [-0.2, -0.15) is 23.3 Å². The molecule has 2 aromatic heterocycles. The maximum atomic E-state index is 13.7. The van der Waals surface area contributed by atoms with Crippen LogP contribution in [0.1, 0.15) is 73.8 Å². The molecule has 1 aromatic carbocycles. The molecule has 38 heavy (non-hydrogen) atoms. The molecule has 2 amide bonds. The molecular weight excluding hydrogens is 525 g/mol. The number of nitrogens with one attached hydrogen (secondary N) is 1. The average molecular weight is 553 g/mol. The van der Waals surface area contributed by atoms with Crippen LogP contribution in [0, 0.1) is 5.92 Å². The summed E-state index contributed by atoms with van der Waals surface area (Å²) in [7, 11) is 0. The van der Waals surface area contributed by atoms with Crippen molar-refractivity contribution in [1.82, 2.24) is 25.2 Å². The number of carbonyl (C=O) groups excluding carboxylic acids is 2. The van der Waals surface area contributed by atoms with E-state index in [2.05, 4.69) is 20.6 Å². The molecule has 3 aromatic rings. The predicted octanol–water partition coefficient (Wildman–Crippen LogP) is 5.39. The van der Waals surface area contributed by atoms with E-state index in [1.807, 2.05) is 13.8 Å². The lowest BCUT2D eigenvalue weighted by Gasteiger charge is -2.27. The highest BCUT2D eigenvalue weighted by atomic mass is 35.5. The molecule has 0 bridgehead atoms. The van der Waals surface area contributed by atoms with Gasteiger partial charge in [0.05, 0.1) is 11.3 Å². The fourth-order valence-electron chi connectivity index (χ4n) is 4.30. The first-order valence-corrected chi connectivity index (χ1v) is 12.8. The van der Waals surface area contributed by atoms with E-state index < -0.39 is 23.3 Å². The Bertz CT molecular complexity index is 1270. The van der Waals surface area contributed by atoms with Gasteiger partial charge in [0.25, 0.3) is 11.9 Å². The molecule has 1 aliphatic carbocycles. The lowest BCUT2D eigenvalue weighted by atomic mass is 9.88. The minimum Gasteiger partial charge on any atom is -0.350 e. The smallest absolute Gasteiger partial charge is 0.350 e. The monoisotopic (exact) mass is 552 g/mol. The normalized spacial score (nSPS) is 14.6. The highest BCUT2D eigenvalue weighted by Crippen LogP contribution is 2.32. The van der Waals surface area contributed by atoms with Crippen LogP contribution in [-0.4, -0.2) is 44.8 Å². The largest absolute Gasteiger partial charge is 0.435 e. The molecular formula is C25H28ClF3N6O3. The Morgan fingerprint density at radius 3 is 2.47 bits per heavy atom. The van der Waals surface area contributed by atoms with Crippen LogP contribution in [0.25, 0.3) is 5.69 Å². The summed E-state index contributed by atoms with van der Waals surface area (Å²) in [6.45, 7) is 3.57. The predicted molar refractivity (Wildman–Crippen MR) is 133 cm³/mol. The molecule has 0 radical (unpaired) electrons. The Morgan fingerprint density at radius 1 is 1.18 bits per heavy atom.